The predicted octanol–water partition coefficient (Wildman–Crippen LogP) is 1.67. The molecule has 1 aromatic carbocycles. The van der Waals surface area contributed by atoms with Gasteiger partial charge in [-0.3, -0.25) is 13.9 Å². The number of hydrogen-bond acceptors (Lipinski definition) is 6. The molecule has 0 radical (unpaired) electrons. The lowest BCUT2D eigenvalue weighted by molar-refractivity contribution is -0.150. The molecule has 0 aromatic heterocycles. The lowest BCUT2D eigenvalue weighted by Crippen LogP contribution is -2.47. The Morgan fingerprint density at radius 1 is 1.18 bits per heavy atom. The molecule has 2 aliphatic heterocycles. The van der Waals surface area contributed by atoms with Gasteiger partial charge < -0.3 is 14.4 Å². The highest BCUT2D eigenvalue weighted by Crippen LogP contribution is 2.36. The monoisotopic (exact) mass is 430 g/mol. The first-order valence-corrected chi connectivity index (χ1v) is 11.2. The number of benzene rings is 1. The van der Waals surface area contributed by atoms with E-state index in [1.807, 2.05) is 0 Å². The van der Waals surface area contributed by atoms with Gasteiger partial charge in [-0.25, -0.2) is 8.42 Å². The Balaban J connectivity index is 1.77. The summed E-state index contributed by atoms with van der Waals surface area (Å²) >= 11 is 6.03. The fourth-order valence-corrected chi connectivity index (χ4v) is 4.68. The molecule has 1 aromatic rings. The fourth-order valence-electron chi connectivity index (χ4n) is 3.58. The number of amides is 1. The lowest BCUT2D eigenvalue weighted by Gasteiger charge is -2.32. The molecule has 0 bridgehead atoms. The van der Waals surface area contributed by atoms with Crippen molar-refractivity contribution < 1.29 is 27.5 Å². The van der Waals surface area contributed by atoms with Gasteiger partial charge >= 0.3 is 5.97 Å². The predicted molar refractivity (Wildman–Crippen MR) is 104 cm³/mol. The Kier molecular flexibility index (Phi) is 6.04. The number of sulfonamides is 1. The molecule has 2 aliphatic rings. The van der Waals surface area contributed by atoms with Crippen LogP contribution in [0.2, 0.25) is 5.02 Å². The Hall–Kier alpha value is -2.00. The van der Waals surface area contributed by atoms with Crippen molar-refractivity contribution in [3.05, 3.63) is 23.2 Å². The van der Waals surface area contributed by atoms with Crippen molar-refractivity contribution in [1.29, 1.82) is 0 Å². The van der Waals surface area contributed by atoms with E-state index in [1.54, 1.807) is 17.0 Å². The zero-order chi connectivity index (χ0) is 20.5. The lowest BCUT2D eigenvalue weighted by atomic mass is 9.96. The molecule has 10 heteroatoms. The van der Waals surface area contributed by atoms with Crippen LogP contribution < -0.4 is 9.04 Å². The molecule has 0 unspecified atom stereocenters. The first-order chi connectivity index (χ1) is 13.2. The second-order valence-electron chi connectivity index (χ2n) is 6.97. The van der Waals surface area contributed by atoms with Crippen LogP contribution in [0.3, 0.4) is 0 Å². The second-order valence-corrected chi connectivity index (χ2v) is 9.31. The average Bonchev–Trinajstić information content (AvgIpc) is 2.86. The van der Waals surface area contributed by atoms with Gasteiger partial charge in [-0.15, -0.1) is 0 Å². The number of esters is 1. The van der Waals surface area contributed by atoms with Crippen LogP contribution in [0.15, 0.2) is 18.2 Å². The van der Waals surface area contributed by atoms with Gasteiger partial charge in [0.1, 0.15) is 5.75 Å². The van der Waals surface area contributed by atoms with Crippen LogP contribution >= 0.6 is 11.6 Å². The van der Waals surface area contributed by atoms with Gasteiger partial charge in [0.15, 0.2) is 6.10 Å². The molecule has 8 nitrogen and oxygen atoms in total. The van der Waals surface area contributed by atoms with Crippen LogP contribution in [0.5, 0.6) is 5.75 Å². The zero-order valence-electron chi connectivity index (χ0n) is 15.8. The van der Waals surface area contributed by atoms with E-state index in [0.717, 1.165) is 6.26 Å². The zero-order valence-corrected chi connectivity index (χ0v) is 17.3. The van der Waals surface area contributed by atoms with Crippen molar-refractivity contribution in [2.24, 2.45) is 5.92 Å². The minimum absolute atomic E-state index is 0.112. The molecule has 0 spiro atoms. The number of anilines is 1. The SMILES string of the molecule is COC(=O)C1CCN(C(=O)[C@H]2CCN(S(C)(=O)=O)c3cc(Cl)ccc3O2)CC1. The molecule has 154 valence electrons. The highest BCUT2D eigenvalue weighted by molar-refractivity contribution is 7.92. The number of carbonyl (C=O) groups excluding carboxylic acids is 2. The number of rotatable bonds is 3. The van der Waals surface area contributed by atoms with Gasteiger partial charge in [0.05, 0.1) is 25.0 Å². The Bertz CT molecular complexity index is 867. The van der Waals surface area contributed by atoms with Crippen molar-refractivity contribution in [3.8, 4) is 5.75 Å². The third-order valence-corrected chi connectivity index (χ3v) is 6.49. The summed E-state index contributed by atoms with van der Waals surface area (Å²) in [5, 5.41) is 0.380. The van der Waals surface area contributed by atoms with E-state index in [9.17, 15) is 18.0 Å². The molecular formula is C18H23ClN2O6S. The van der Waals surface area contributed by atoms with Crippen LogP contribution in [0.4, 0.5) is 5.69 Å². The molecule has 0 N–H and O–H groups in total. The van der Waals surface area contributed by atoms with Crippen LogP contribution in [0, 0.1) is 5.92 Å². The smallest absolute Gasteiger partial charge is 0.308 e. The second kappa shape index (κ2) is 8.16. The normalized spacial score (nSPS) is 20.8. The Morgan fingerprint density at radius 3 is 2.46 bits per heavy atom. The van der Waals surface area contributed by atoms with E-state index in [-0.39, 0.29) is 30.8 Å². The third-order valence-electron chi connectivity index (χ3n) is 5.07. The molecular weight excluding hydrogens is 408 g/mol. The van der Waals surface area contributed by atoms with Gasteiger partial charge in [-0.1, -0.05) is 11.6 Å². The maximum atomic E-state index is 13.0. The first-order valence-electron chi connectivity index (χ1n) is 9.01. The average molecular weight is 431 g/mol. The minimum Gasteiger partial charge on any atom is -0.478 e. The summed E-state index contributed by atoms with van der Waals surface area (Å²) in [7, 11) is -2.20. The standard InChI is InChI=1S/C18H23ClN2O6S/c1-26-18(23)12-5-8-20(9-6-12)17(22)16-7-10-21(28(2,24)25)14-11-13(19)3-4-15(14)27-16/h3-4,11-12,16H,5-10H2,1-2H3/t16-/m1/s1. The van der Waals surface area contributed by atoms with Crippen LogP contribution in [0.25, 0.3) is 0 Å². The molecule has 0 aliphatic carbocycles. The molecule has 2 heterocycles. The topological polar surface area (TPSA) is 93.2 Å². The van der Waals surface area contributed by atoms with Gasteiger partial charge in [-0.2, -0.15) is 0 Å². The number of likely N-dealkylation sites (tertiary alicyclic amines) is 1. The summed E-state index contributed by atoms with van der Waals surface area (Å²) in [5.41, 5.74) is 0.328. The quantitative estimate of drug-likeness (QED) is 0.677. The molecule has 1 fully saturated rings. The number of fused-ring (bicyclic) bond motifs is 1. The minimum atomic E-state index is -3.55. The van der Waals surface area contributed by atoms with Crippen LogP contribution in [-0.2, 0) is 24.3 Å². The highest BCUT2D eigenvalue weighted by Gasteiger charge is 2.35. The summed E-state index contributed by atoms with van der Waals surface area (Å²) < 4.78 is 36.3. The third kappa shape index (κ3) is 4.35. The summed E-state index contributed by atoms with van der Waals surface area (Å²) in [4.78, 5) is 26.3. The van der Waals surface area contributed by atoms with Gasteiger partial charge in [0.25, 0.3) is 5.91 Å². The maximum absolute atomic E-state index is 13.0. The van der Waals surface area contributed by atoms with E-state index in [0.29, 0.717) is 42.4 Å². The maximum Gasteiger partial charge on any atom is 0.308 e. The van der Waals surface area contributed by atoms with Crippen molar-refractivity contribution in [2.75, 3.05) is 37.3 Å². The number of halogens is 1. The number of methoxy groups -OCH3 is 1. The van der Waals surface area contributed by atoms with Crippen LogP contribution in [0.1, 0.15) is 19.3 Å². The summed E-state index contributed by atoms with van der Waals surface area (Å²) in [5.74, 6) is -0.366. The first kappa shape index (κ1) is 20.7. The van der Waals surface area contributed by atoms with Gasteiger partial charge in [0.2, 0.25) is 10.0 Å². The Morgan fingerprint density at radius 2 is 1.86 bits per heavy atom. The fraction of sp³-hybridized carbons (Fsp3) is 0.556. The van der Waals surface area contributed by atoms with Crippen molar-refractivity contribution in [1.82, 2.24) is 4.90 Å². The largest absolute Gasteiger partial charge is 0.478 e. The van der Waals surface area contributed by atoms with Crippen molar-refractivity contribution in [2.45, 2.75) is 25.4 Å². The number of carbonyl (C=O) groups is 2. The summed E-state index contributed by atoms with van der Waals surface area (Å²) in [6.07, 6.45) is 1.59. The Labute approximate surface area is 169 Å². The van der Waals surface area contributed by atoms with E-state index >= 15 is 0 Å². The number of ether oxygens (including phenoxy) is 2. The van der Waals surface area contributed by atoms with Crippen molar-refractivity contribution in [3.63, 3.8) is 0 Å². The highest BCUT2D eigenvalue weighted by atomic mass is 35.5. The molecule has 3 rings (SSSR count). The van der Waals surface area contributed by atoms with E-state index in [2.05, 4.69) is 0 Å². The number of hydrogen-bond donors (Lipinski definition) is 0. The van der Waals surface area contributed by atoms with Gasteiger partial charge in [0, 0.05) is 31.1 Å². The van der Waals surface area contributed by atoms with E-state index < -0.39 is 16.1 Å². The number of nitrogens with zero attached hydrogens (tertiary/aromatic N) is 2. The summed E-state index contributed by atoms with van der Waals surface area (Å²) in [6, 6.07) is 4.69. The molecule has 1 amide bonds. The van der Waals surface area contributed by atoms with E-state index in [1.165, 1.54) is 17.5 Å². The number of piperidine rings is 1. The molecule has 1 saturated heterocycles. The molecule has 28 heavy (non-hydrogen) atoms. The van der Waals surface area contributed by atoms with Crippen LogP contribution in [-0.4, -0.2) is 64.3 Å². The van der Waals surface area contributed by atoms with Gasteiger partial charge in [-0.05, 0) is 31.0 Å². The molecule has 1 atom stereocenters. The van der Waals surface area contributed by atoms with Crippen molar-refractivity contribution >= 4 is 39.2 Å². The molecule has 0 saturated carbocycles. The summed E-state index contributed by atoms with van der Waals surface area (Å²) in [6.45, 7) is 0.977. The van der Waals surface area contributed by atoms with E-state index in [4.69, 9.17) is 21.1 Å².